The Morgan fingerprint density at radius 3 is 2.56 bits per heavy atom. The van der Waals surface area contributed by atoms with Gasteiger partial charge in [0.2, 0.25) is 0 Å². The molecule has 3 nitrogen and oxygen atoms in total. The second-order valence-corrected chi connectivity index (χ2v) is 4.79. The maximum Gasteiger partial charge on any atom is 0.175 e. The first-order valence-corrected chi connectivity index (χ1v) is 6.25. The number of hydrogen-bond donors (Lipinski definition) is 0. The molecule has 0 radical (unpaired) electrons. The summed E-state index contributed by atoms with van der Waals surface area (Å²) in [6.07, 6.45) is 0. The largest absolute Gasteiger partial charge is 0.384 e. The molecule has 1 aromatic carbocycles. The highest BCUT2D eigenvalue weighted by molar-refractivity contribution is 7.85. The van der Waals surface area contributed by atoms with E-state index in [4.69, 9.17) is 4.74 Å². The molecule has 0 heterocycles. The van der Waals surface area contributed by atoms with Crippen LogP contribution in [0.2, 0.25) is 0 Å². The van der Waals surface area contributed by atoms with Crippen LogP contribution in [-0.2, 0) is 15.5 Å². The third-order valence-electron chi connectivity index (χ3n) is 1.97. The van der Waals surface area contributed by atoms with Crippen LogP contribution in [0.15, 0.2) is 24.3 Å². The van der Waals surface area contributed by atoms with E-state index >= 15 is 0 Å². The monoisotopic (exact) mass is 244 g/mol. The van der Waals surface area contributed by atoms with E-state index in [1.165, 1.54) is 31.4 Å². The quantitative estimate of drug-likeness (QED) is 0.710. The van der Waals surface area contributed by atoms with Crippen LogP contribution < -0.4 is 0 Å². The lowest BCUT2D eigenvalue weighted by Gasteiger charge is -2.01. The standard InChI is InChI=1S/C11H13FO3S/c1-15-6-7-16(14)8-11(13)9-2-4-10(12)5-3-9/h2-5H,6-8H2,1H3. The summed E-state index contributed by atoms with van der Waals surface area (Å²) in [5.74, 6) is -0.343. The summed E-state index contributed by atoms with van der Waals surface area (Å²) >= 11 is 0. The Labute approximate surface area is 96.1 Å². The van der Waals surface area contributed by atoms with Crippen LogP contribution in [0.5, 0.6) is 0 Å². The molecule has 0 N–H and O–H groups in total. The van der Waals surface area contributed by atoms with Crippen molar-refractivity contribution in [3.8, 4) is 0 Å². The van der Waals surface area contributed by atoms with Crippen LogP contribution >= 0.6 is 0 Å². The van der Waals surface area contributed by atoms with Gasteiger partial charge in [0.1, 0.15) is 5.82 Å². The second kappa shape index (κ2) is 6.50. The molecule has 0 amide bonds. The molecule has 1 atom stereocenters. The third-order valence-corrected chi connectivity index (χ3v) is 3.18. The SMILES string of the molecule is COCCS(=O)CC(=O)c1ccc(F)cc1. The molecule has 0 aliphatic rings. The van der Waals surface area contributed by atoms with E-state index in [9.17, 15) is 13.4 Å². The van der Waals surface area contributed by atoms with Gasteiger partial charge in [-0.15, -0.1) is 0 Å². The van der Waals surface area contributed by atoms with Gasteiger partial charge in [0.05, 0.1) is 12.4 Å². The summed E-state index contributed by atoms with van der Waals surface area (Å²) in [5, 5.41) is 0. The van der Waals surface area contributed by atoms with Crippen molar-refractivity contribution >= 4 is 16.6 Å². The van der Waals surface area contributed by atoms with E-state index in [0.29, 0.717) is 17.9 Å². The fourth-order valence-corrected chi connectivity index (χ4v) is 2.07. The van der Waals surface area contributed by atoms with Crippen molar-refractivity contribution < 1.29 is 18.1 Å². The molecule has 1 aromatic rings. The molecular formula is C11H13FO3S. The Kier molecular flexibility index (Phi) is 5.28. The maximum absolute atomic E-state index is 12.6. The first-order valence-electron chi connectivity index (χ1n) is 4.76. The minimum absolute atomic E-state index is 0.0466. The summed E-state index contributed by atoms with van der Waals surface area (Å²) in [4.78, 5) is 11.6. The summed E-state index contributed by atoms with van der Waals surface area (Å²) < 4.78 is 28.7. The van der Waals surface area contributed by atoms with Crippen LogP contribution in [-0.4, -0.2) is 35.2 Å². The second-order valence-electron chi connectivity index (χ2n) is 3.21. The van der Waals surface area contributed by atoms with E-state index < -0.39 is 16.6 Å². The Bertz CT molecular complexity index is 375. The predicted molar refractivity (Wildman–Crippen MR) is 60.5 cm³/mol. The van der Waals surface area contributed by atoms with Crippen LogP contribution in [0.1, 0.15) is 10.4 Å². The fourth-order valence-electron chi connectivity index (χ4n) is 1.11. The number of carbonyl (C=O) groups is 1. The zero-order chi connectivity index (χ0) is 12.0. The Morgan fingerprint density at radius 2 is 2.00 bits per heavy atom. The average Bonchev–Trinajstić information content (AvgIpc) is 2.27. The van der Waals surface area contributed by atoms with Gasteiger partial charge in [-0.3, -0.25) is 9.00 Å². The predicted octanol–water partition coefficient (Wildman–Crippen LogP) is 1.40. The summed E-state index contributed by atoms with van der Waals surface area (Å²) in [6.45, 7) is 0.364. The molecule has 0 aromatic heterocycles. The topological polar surface area (TPSA) is 43.4 Å². The van der Waals surface area contributed by atoms with Crippen molar-refractivity contribution in [3.05, 3.63) is 35.6 Å². The molecule has 1 rings (SSSR count). The Balaban J connectivity index is 2.52. The number of methoxy groups -OCH3 is 1. The van der Waals surface area contributed by atoms with E-state index in [0.717, 1.165) is 0 Å². The van der Waals surface area contributed by atoms with Gasteiger partial charge in [0.25, 0.3) is 0 Å². The minimum Gasteiger partial charge on any atom is -0.384 e. The van der Waals surface area contributed by atoms with Gasteiger partial charge in [-0.1, -0.05) is 0 Å². The highest BCUT2D eigenvalue weighted by Gasteiger charge is 2.10. The molecular weight excluding hydrogens is 231 g/mol. The number of rotatable bonds is 6. The number of carbonyl (C=O) groups excluding carboxylic acids is 1. The van der Waals surface area contributed by atoms with Gasteiger partial charge in [-0.25, -0.2) is 4.39 Å². The van der Waals surface area contributed by atoms with Crippen molar-refractivity contribution in [2.45, 2.75) is 0 Å². The smallest absolute Gasteiger partial charge is 0.175 e. The lowest BCUT2D eigenvalue weighted by atomic mass is 10.1. The molecule has 16 heavy (non-hydrogen) atoms. The number of ether oxygens (including phenoxy) is 1. The van der Waals surface area contributed by atoms with Crippen LogP contribution in [0.3, 0.4) is 0 Å². The highest BCUT2D eigenvalue weighted by Crippen LogP contribution is 2.04. The highest BCUT2D eigenvalue weighted by atomic mass is 32.2. The third kappa shape index (κ3) is 4.20. The normalized spacial score (nSPS) is 12.4. The molecule has 88 valence electrons. The van der Waals surface area contributed by atoms with E-state index in [1.54, 1.807) is 0 Å². The minimum atomic E-state index is -1.22. The van der Waals surface area contributed by atoms with Gasteiger partial charge in [-0.2, -0.15) is 0 Å². The van der Waals surface area contributed by atoms with Crippen molar-refractivity contribution in [2.24, 2.45) is 0 Å². The molecule has 0 saturated heterocycles. The molecule has 0 aliphatic carbocycles. The molecule has 0 aliphatic heterocycles. The van der Waals surface area contributed by atoms with Gasteiger partial charge >= 0.3 is 0 Å². The number of hydrogen-bond acceptors (Lipinski definition) is 3. The Hall–Kier alpha value is -1.07. The van der Waals surface area contributed by atoms with Crippen LogP contribution in [0.25, 0.3) is 0 Å². The zero-order valence-corrected chi connectivity index (χ0v) is 9.76. The van der Waals surface area contributed by atoms with Crippen LogP contribution in [0.4, 0.5) is 4.39 Å². The summed E-state index contributed by atoms with van der Waals surface area (Å²) in [7, 11) is 0.289. The summed E-state index contributed by atoms with van der Waals surface area (Å²) in [6, 6.07) is 5.22. The first-order chi connectivity index (χ1) is 7.63. The van der Waals surface area contributed by atoms with Gasteiger partial charge < -0.3 is 4.74 Å². The van der Waals surface area contributed by atoms with E-state index in [-0.39, 0.29) is 11.5 Å². The lowest BCUT2D eigenvalue weighted by Crippen LogP contribution is -2.15. The van der Waals surface area contributed by atoms with Crippen molar-refractivity contribution in [1.29, 1.82) is 0 Å². The number of Topliss-reactive ketones (excluding diaryl/α,β-unsaturated/α-hetero) is 1. The number of halogens is 1. The molecule has 0 fully saturated rings. The van der Waals surface area contributed by atoms with Crippen LogP contribution in [0, 0.1) is 5.82 Å². The van der Waals surface area contributed by atoms with Crippen molar-refractivity contribution in [2.75, 3.05) is 25.2 Å². The molecule has 0 bridgehead atoms. The van der Waals surface area contributed by atoms with Gasteiger partial charge in [0.15, 0.2) is 5.78 Å². The summed E-state index contributed by atoms with van der Waals surface area (Å²) in [5.41, 5.74) is 0.382. The lowest BCUT2D eigenvalue weighted by molar-refractivity contribution is 0.102. The van der Waals surface area contributed by atoms with Gasteiger partial charge in [-0.05, 0) is 24.3 Å². The first kappa shape index (κ1) is 13.0. The molecule has 0 saturated carbocycles. The molecule has 0 spiro atoms. The molecule has 1 unspecified atom stereocenters. The molecule has 5 heteroatoms. The Morgan fingerprint density at radius 1 is 1.38 bits per heavy atom. The zero-order valence-electron chi connectivity index (χ0n) is 8.94. The average molecular weight is 244 g/mol. The van der Waals surface area contributed by atoms with E-state index in [2.05, 4.69) is 0 Å². The van der Waals surface area contributed by atoms with Crippen molar-refractivity contribution in [1.82, 2.24) is 0 Å². The van der Waals surface area contributed by atoms with E-state index in [1.807, 2.05) is 0 Å². The fraction of sp³-hybridized carbons (Fsp3) is 0.364. The maximum atomic E-state index is 12.6. The number of benzene rings is 1. The van der Waals surface area contributed by atoms with Gasteiger partial charge in [0, 0.05) is 29.2 Å². The number of ketones is 1. The van der Waals surface area contributed by atoms with Crippen molar-refractivity contribution in [3.63, 3.8) is 0 Å².